The lowest BCUT2D eigenvalue weighted by atomic mass is 10.1. The number of amides is 1. The molecule has 126 valence electrons. The van der Waals surface area contributed by atoms with E-state index in [0.717, 1.165) is 4.47 Å². The van der Waals surface area contributed by atoms with Crippen molar-refractivity contribution >= 4 is 38.5 Å². The van der Waals surface area contributed by atoms with Gasteiger partial charge in [-0.2, -0.15) is 5.10 Å². The van der Waals surface area contributed by atoms with Gasteiger partial charge in [-0.1, -0.05) is 22.0 Å². The lowest BCUT2D eigenvalue weighted by Crippen LogP contribution is -2.21. The topological polar surface area (TPSA) is 91.9 Å². The predicted molar refractivity (Wildman–Crippen MR) is 98.0 cm³/mol. The SMILES string of the molecule is C/C(=N/NC(=O)c1cccc(Br)c1)c1cc2ccc(O)cc2oc1=O. The molecule has 3 aromatic rings. The number of phenolic OH excluding ortho intramolecular Hbond substituents is 1. The molecule has 0 bridgehead atoms. The zero-order chi connectivity index (χ0) is 18.0. The fourth-order valence-corrected chi connectivity index (χ4v) is 2.64. The smallest absolute Gasteiger partial charge is 0.345 e. The zero-order valence-electron chi connectivity index (χ0n) is 13.1. The number of carbonyl (C=O) groups is 1. The summed E-state index contributed by atoms with van der Waals surface area (Å²) in [5.41, 5.74) is 3.07. The Labute approximate surface area is 150 Å². The number of phenols is 1. The first kappa shape index (κ1) is 16.9. The Morgan fingerprint density at radius 2 is 2.00 bits per heavy atom. The maximum Gasteiger partial charge on any atom is 0.345 e. The fourth-order valence-electron chi connectivity index (χ4n) is 2.24. The van der Waals surface area contributed by atoms with E-state index in [9.17, 15) is 14.7 Å². The molecule has 0 fully saturated rings. The summed E-state index contributed by atoms with van der Waals surface area (Å²) in [5.74, 6) is -0.383. The van der Waals surface area contributed by atoms with E-state index in [0.29, 0.717) is 16.7 Å². The third-order valence-corrected chi connectivity index (χ3v) is 4.01. The second-order valence-corrected chi connectivity index (χ2v) is 6.23. The number of halogens is 1. The molecule has 1 heterocycles. The largest absolute Gasteiger partial charge is 0.508 e. The highest BCUT2D eigenvalue weighted by atomic mass is 79.9. The standard InChI is InChI=1S/C18H13BrN2O4/c1-10(20-21-17(23)12-3-2-4-13(19)7-12)15-8-11-5-6-14(22)9-16(11)25-18(15)24/h2-9,22H,1H3,(H,21,23)/b20-10-. The number of nitrogens with one attached hydrogen (secondary N) is 1. The van der Waals surface area contributed by atoms with Crippen molar-refractivity contribution < 1.29 is 14.3 Å². The minimum atomic E-state index is -0.601. The predicted octanol–water partition coefficient (Wildman–Crippen LogP) is 3.42. The second-order valence-electron chi connectivity index (χ2n) is 5.32. The number of carbonyl (C=O) groups excluding carboxylic acids is 1. The van der Waals surface area contributed by atoms with Crippen LogP contribution in [0, 0.1) is 0 Å². The number of rotatable bonds is 3. The van der Waals surface area contributed by atoms with Crippen LogP contribution < -0.4 is 11.1 Å². The molecular weight excluding hydrogens is 388 g/mol. The Balaban J connectivity index is 1.88. The number of hydrogen-bond donors (Lipinski definition) is 2. The highest BCUT2D eigenvalue weighted by Gasteiger charge is 2.10. The molecule has 0 aliphatic rings. The normalized spacial score (nSPS) is 11.5. The first-order valence-electron chi connectivity index (χ1n) is 7.31. The van der Waals surface area contributed by atoms with Crippen molar-refractivity contribution in [2.75, 3.05) is 0 Å². The summed E-state index contributed by atoms with van der Waals surface area (Å²) in [4.78, 5) is 24.2. The van der Waals surface area contributed by atoms with E-state index in [4.69, 9.17) is 4.42 Å². The van der Waals surface area contributed by atoms with E-state index in [-0.39, 0.29) is 16.9 Å². The van der Waals surface area contributed by atoms with Crippen molar-refractivity contribution in [1.82, 2.24) is 5.43 Å². The first-order valence-corrected chi connectivity index (χ1v) is 8.11. The van der Waals surface area contributed by atoms with Crippen molar-refractivity contribution in [2.24, 2.45) is 5.10 Å². The lowest BCUT2D eigenvalue weighted by Gasteiger charge is -2.04. The van der Waals surface area contributed by atoms with Gasteiger partial charge in [0.2, 0.25) is 0 Å². The molecule has 1 amide bonds. The molecule has 2 aromatic carbocycles. The summed E-state index contributed by atoms with van der Waals surface area (Å²) < 4.78 is 5.96. The Morgan fingerprint density at radius 3 is 2.76 bits per heavy atom. The van der Waals surface area contributed by atoms with E-state index in [2.05, 4.69) is 26.5 Å². The van der Waals surface area contributed by atoms with Gasteiger partial charge in [-0.25, -0.2) is 10.2 Å². The molecule has 1 aromatic heterocycles. The van der Waals surface area contributed by atoms with Crippen molar-refractivity contribution in [1.29, 1.82) is 0 Å². The molecule has 0 saturated heterocycles. The maximum atomic E-state index is 12.1. The molecule has 7 heteroatoms. The third-order valence-electron chi connectivity index (χ3n) is 3.52. The Bertz CT molecular complexity index is 1060. The lowest BCUT2D eigenvalue weighted by molar-refractivity contribution is 0.0954. The summed E-state index contributed by atoms with van der Waals surface area (Å²) in [6.07, 6.45) is 0. The van der Waals surface area contributed by atoms with Crippen LogP contribution in [-0.4, -0.2) is 16.7 Å². The van der Waals surface area contributed by atoms with Gasteiger partial charge in [-0.3, -0.25) is 4.79 Å². The fraction of sp³-hybridized carbons (Fsp3) is 0.0556. The van der Waals surface area contributed by atoms with E-state index >= 15 is 0 Å². The monoisotopic (exact) mass is 400 g/mol. The van der Waals surface area contributed by atoms with Crippen molar-refractivity contribution in [3.05, 3.63) is 74.6 Å². The van der Waals surface area contributed by atoms with Crippen LogP contribution in [0.5, 0.6) is 5.75 Å². The first-order chi connectivity index (χ1) is 11.9. The molecule has 0 aliphatic carbocycles. The molecule has 3 rings (SSSR count). The molecule has 6 nitrogen and oxygen atoms in total. The molecule has 0 aliphatic heterocycles. The van der Waals surface area contributed by atoms with Gasteiger partial charge in [-0.05, 0) is 43.3 Å². The summed E-state index contributed by atoms with van der Waals surface area (Å²) in [7, 11) is 0. The minimum Gasteiger partial charge on any atom is -0.508 e. The highest BCUT2D eigenvalue weighted by molar-refractivity contribution is 9.10. The molecule has 0 radical (unpaired) electrons. The van der Waals surface area contributed by atoms with Gasteiger partial charge >= 0.3 is 5.63 Å². The van der Waals surface area contributed by atoms with E-state index < -0.39 is 11.5 Å². The highest BCUT2D eigenvalue weighted by Crippen LogP contribution is 2.19. The van der Waals surface area contributed by atoms with Crippen LogP contribution in [0.15, 0.2) is 67.3 Å². The van der Waals surface area contributed by atoms with E-state index in [1.807, 2.05) is 6.07 Å². The Hall–Kier alpha value is -2.93. The molecular formula is C18H13BrN2O4. The quantitative estimate of drug-likeness (QED) is 0.400. The van der Waals surface area contributed by atoms with Gasteiger partial charge < -0.3 is 9.52 Å². The van der Waals surface area contributed by atoms with Gasteiger partial charge in [0.25, 0.3) is 5.91 Å². The Morgan fingerprint density at radius 1 is 1.20 bits per heavy atom. The molecule has 0 unspecified atom stereocenters. The van der Waals surface area contributed by atoms with Gasteiger partial charge in [0, 0.05) is 21.5 Å². The molecule has 2 N–H and O–H groups in total. The average Bonchev–Trinajstić information content (AvgIpc) is 2.58. The molecule has 0 saturated carbocycles. The summed E-state index contributed by atoms with van der Waals surface area (Å²) >= 11 is 3.30. The van der Waals surface area contributed by atoms with Crippen LogP contribution in [0.3, 0.4) is 0 Å². The van der Waals surface area contributed by atoms with Gasteiger partial charge in [0.15, 0.2) is 0 Å². The van der Waals surface area contributed by atoms with E-state index in [1.54, 1.807) is 37.3 Å². The number of nitrogens with zero attached hydrogens (tertiary/aromatic N) is 1. The zero-order valence-corrected chi connectivity index (χ0v) is 14.7. The van der Waals surface area contributed by atoms with Gasteiger partial charge in [0.05, 0.1) is 11.3 Å². The van der Waals surface area contributed by atoms with Crippen molar-refractivity contribution in [3.63, 3.8) is 0 Å². The molecule has 0 spiro atoms. The minimum absolute atomic E-state index is 0.00933. The number of hydrogen-bond acceptors (Lipinski definition) is 5. The van der Waals surface area contributed by atoms with Gasteiger partial charge in [-0.15, -0.1) is 0 Å². The van der Waals surface area contributed by atoms with Crippen LogP contribution in [0.4, 0.5) is 0 Å². The van der Waals surface area contributed by atoms with Crippen LogP contribution in [-0.2, 0) is 0 Å². The summed E-state index contributed by atoms with van der Waals surface area (Å²) in [5, 5.41) is 14.1. The number of fused-ring (bicyclic) bond motifs is 1. The maximum absolute atomic E-state index is 12.1. The molecule has 0 atom stereocenters. The van der Waals surface area contributed by atoms with Crippen LogP contribution in [0.1, 0.15) is 22.8 Å². The van der Waals surface area contributed by atoms with Crippen LogP contribution in [0.25, 0.3) is 11.0 Å². The third kappa shape index (κ3) is 3.77. The van der Waals surface area contributed by atoms with Crippen molar-refractivity contribution in [3.8, 4) is 5.75 Å². The van der Waals surface area contributed by atoms with Gasteiger partial charge in [0.1, 0.15) is 11.3 Å². The summed E-state index contributed by atoms with van der Waals surface area (Å²) in [6, 6.07) is 13.0. The average molecular weight is 401 g/mol. The van der Waals surface area contributed by atoms with Crippen LogP contribution >= 0.6 is 15.9 Å². The second kappa shape index (κ2) is 6.90. The number of benzene rings is 2. The Kier molecular flexibility index (Phi) is 4.67. The number of hydrazone groups is 1. The number of aromatic hydroxyl groups is 1. The molecule has 25 heavy (non-hydrogen) atoms. The van der Waals surface area contributed by atoms with E-state index in [1.165, 1.54) is 12.1 Å². The summed E-state index contributed by atoms with van der Waals surface area (Å²) in [6.45, 7) is 1.60. The van der Waals surface area contributed by atoms with Crippen LogP contribution in [0.2, 0.25) is 0 Å². The van der Waals surface area contributed by atoms with Crippen molar-refractivity contribution in [2.45, 2.75) is 6.92 Å².